The molecule has 0 saturated carbocycles. The van der Waals surface area contributed by atoms with Crippen LogP contribution in [0.25, 0.3) is 0 Å². The van der Waals surface area contributed by atoms with Crippen molar-refractivity contribution in [3.63, 3.8) is 0 Å². The number of amides is 1. The molecular weight excluding hydrogens is 216 g/mol. The van der Waals surface area contributed by atoms with Gasteiger partial charge in [0.15, 0.2) is 0 Å². The van der Waals surface area contributed by atoms with Gasteiger partial charge in [-0.2, -0.15) is 0 Å². The number of para-hydroxylation sites is 2. The van der Waals surface area contributed by atoms with Gasteiger partial charge in [-0.1, -0.05) is 12.1 Å². The van der Waals surface area contributed by atoms with Crippen molar-refractivity contribution in [3.8, 4) is 5.75 Å². The van der Waals surface area contributed by atoms with Gasteiger partial charge in [0.1, 0.15) is 5.75 Å². The Morgan fingerprint density at radius 2 is 1.88 bits per heavy atom. The number of ether oxygens (including phenoxy) is 1. The summed E-state index contributed by atoms with van der Waals surface area (Å²) in [5, 5.41) is 2.79. The van der Waals surface area contributed by atoms with Gasteiger partial charge in [-0.05, 0) is 24.3 Å². The van der Waals surface area contributed by atoms with Gasteiger partial charge < -0.3 is 10.1 Å². The lowest BCUT2D eigenvalue weighted by molar-refractivity contribution is 0.102. The topological polar surface area (TPSA) is 51.2 Å². The SMILES string of the molecule is COc1ccccc1NC(=O)c1ccncc1. The molecule has 0 bridgehead atoms. The molecule has 17 heavy (non-hydrogen) atoms. The van der Waals surface area contributed by atoms with Crippen molar-refractivity contribution in [2.24, 2.45) is 0 Å². The lowest BCUT2D eigenvalue weighted by atomic mass is 10.2. The van der Waals surface area contributed by atoms with Gasteiger partial charge in [0.05, 0.1) is 12.8 Å². The van der Waals surface area contributed by atoms with Crippen LogP contribution in [0.1, 0.15) is 10.4 Å². The smallest absolute Gasteiger partial charge is 0.255 e. The standard InChI is InChI=1S/C13H12N2O2/c1-17-12-5-3-2-4-11(12)15-13(16)10-6-8-14-9-7-10/h2-9H,1H3,(H,15,16). The number of nitrogens with one attached hydrogen (secondary N) is 1. The molecule has 0 spiro atoms. The Morgan fingerprint density at radius 3 is 2.59 bits per heavy atom. The zero-order chi connectivity index (χ0) is 12.1. The van der Waals surface area contributed by atoms with E-state index in [0.717, 1.165) is 0 Å². The minimum Gasteiger partial charge on any atom is -0.495 e. The largest absolute Gasteiger partial charge is 0.495 e. The van der Waals surface area contributed by atoms with Crippen LogP contribution in [-0.4, -0.2) is 18.0 Å². The Morgan fingerprint density at radius 1 is 1.18 bits per heavy atom. The molecule has 1 amide bonds. The Balaban J connectivity index is 2.19. The summed E-state index contributed by atoms with van der Waals surface area (Å²) >= 11 is 0. The number of benzene rings is 1. The Hall–Kier alpha value is -2.36. The summed E-state index contributed by atoms with van der Waals surface area (Å²) in [4.78, 5) is 15.8. The number of carbonyl (C=O) groups is 1. The third kappa shape index (κ3) is 2.60. The number of aromatic nitrogens is 1. The summed E-state index contributed by atoms with van der Waals surface area (Å²) in [5.74, 6) is 0.451. The minimum atomic E-state index is -0.183. The van der Waals surface area contributed by atoms with Gasteiger partial charge in [0, 0.05) is 18.0 Å². The number of nitrogens with zero attached hydrogens (tertiary/aromatic N) is 1. The van der Waals surface area contributed by atoms with E-state index in [9.17, 15) is 4.79 Å². The maximum absolute atomic E-state index is 11.9. The van der Waals surface area contributed by atoms with E-state index >= 15 is 0 Å². The van der Waals surface area contributed by atoms with Crippen molar-refractivity contribution in [1.82, 2.24) is 4.98 Å². The zero-order valence-electron chi connectivity index (χ0n) is 9.38. The van der Waals surface area contributed by atoms with E-state index in [-0.39, 0.29) is 5.91 Å². The van der Waals surface area contributed by atoms with Gasteiger partial charge in [-0.25, -0.2) is 0 Å². The average molecular weight is 228 g/mol. The molecule has 1 N–H and O–H groups in total. The van der Waals surface area contributed by atoms with E-state index in [1.54, 1.807) is 43.8 Å². The van der Waals surface area contributed by atoms with Crippen LogP contribution in [0.4, 0.5) is 5.69 Å². The summed E-state index contributed by atoms with van der Waals surface area (Å²) in [5.41, 5.74) is 1.21. The average Bonchev–Trinajstić information content (AvgIpc) is 2.40. The van der Waals surface area contributed by atoms with Crippen LogP contribution in [-0.2, 0) is 0 Å². The number of carbonyl (C=O) groups excluding carboxylic acids is 1. The van der Waals surface area contributed by atoms with Crippen molar-refractivity contribution in [1.29, 1.82) is 0 Å². The van der Waals surface area contributed by atoms with Crippen LogP contribution in [0.2, 0.25) is 0 Å². The number of anilines is 1. The normalized spacial score (nSPS) is 9.71. The second kappa shape index (κ2) is 5.12. The van der Waals surface area contributed by atoms with Crippen LogP contribution < -0.4 is 10.1 Å². The summed E-state index contributed by atoms with van der Waals surface area (Å²) in [6.45, 7) is 0. The lowest BCUT2D eigenvalue weighted by Gasteiger charge is -2.09. The highest BCUT2D eigenvalue weighted by atomic mass is 16.5. The predicted octanol–water partition coefficient (Wildman–Crippen LogP) is 2.34. The molecule has 0 aliphatic heterocycles. The Labute approximate surface area is 99.3 Å². The zero-order valence-corrected chi connectivity index (χ0v) is 9.38. The first-order valence-corrected chi connectivity index (χ1v) is 5.15. The maximum Gasteiger partial charge on any atom is 0.255 e. The number of rotatable bonds is 3. The number of hydrogen-bond acceptors (Lipinski definition) is 3. The van der Waals surface area contributed by atoms with E-state index in [0.29, 0.717) is 17.0 Å². The highest BCUT2D eigenvalue weighted by Gasteiger charge is 2.08. The van der Waals surface area contributed by atoms with Crippen LogP contribution >= 0.6 is 0 Å². The molecule has 0 atom stereocenters. The molecule has 2 rings (SSSR count). The first-order chi connectivity index (χ1) is 8.31. The molecule has 1 aromatic heterocycles. The van der Waals surface area contributed by atoms with E-state index in [1.807, 2.05) is 12.1 Å². The van der Waals surface area contributed by atoms with Gasteiger partial charge in [0.2, 0.25) is 0 Å². The molecule has 0 fully saturated rings. The molecule has 0 aliphatic rings. The first-order valence-electron chi connectivity index (χ1n) is 5.15. The number of hydrogen-bond donors (Lipinski definition) is 1. The van der Waals surface area contributed by atoms with Crippen LogP contribution in [0.3, 0.4) is 0 Å². The van der Waals surface area contributed by atoms with E-state index in [2.05, 4.69) is 10.3 Å². The number of methoxy groups -OCH3 is 1. The molecule has 1 heterocycles. The highest BCUT2D eigenvalue weighted by Crippen LogP contribution is 2.23. The van der Waals surface area contributed by atoms with Crippen LogP contribution in [0, 0.1) is 0 Å². The van der Waals surface area contributed by atoms with Gasteiger partial charge in [-0.15, -0.1) is 0 Å². The van der Waals surface area contributed by atoms with Crippen molar-refractivity contribution in [3.05, 3.63) is 54.4 Å². The fourth-order valence-electron chi connectivity index (χ4n) is 1.45. The summed E-state index contributed by atoms with van der Waals surface area (Å²) in [6, 6.07) is 10.6. The van der Waals surface area contributed by atoms with E-state index < -0.39 is 0 Å². The molecule has 0 aliphatic carbocycles. The fraction of sp³-hybridized carbons (Fsp3) is 0.0769. The summed E-state index contributed by atoms with van der Waals surface area (Å²) < 4.78 is 5.16. The molecule has 86 valence electrons. The van der Waals surface area contributed by atoms with Gasteiger partial charge >= 0.3 is 0 Å². The molecule has 0 radical (unpaired) electrons. The van der Waals surface area contributed by atoms with Crippen molar-refractivity contribution < 1.29 is 9.53 Å². The Kier molecular flexibility index (Phi) is 3.35. The molecule has 0 unspecified atom stereocenters. The second-order valence-corrected chi connectivity index (χ2v) is 3.39. The Bertz CT molecular complexity index is 512. The molecule has 4 heteroatoms. The molecule has 4 nitrogen and oxygen atoms in total. The fourth-order valence-corrected chi connectivity index (χ4v) is 1.45. The highest BCUT2D eigenvalue weighted by molar-refractivity contribution is 6.04. The molecular formula is C13H12N2O2. The van der Waals surface area contributed by atoms with Crippen molar-refractivity contribution in [2.75, 3.05) is 12.4 Å². The van der Waals surface area contributed by atoms with Gasteiger partial charge in [-0.3, -0.25) is 9.78 Å². The third-order valence-corrected chi connectivity index (χ3v) is 2.30. The van der Waals surface area contributed by atoms with Crippen LogP contribution in [0.15, 0.2) is 48.8 Å². The van der Waals surface area contributed by atoms with Crippen LogP contribution in [0.5, 0.6) is 5.75 Å². The van der Waals surface area contributed by atoms with Gasteiger partial charge in [0.25, 0.3) is 5.91 Å². The molecule has 1 aromatic carbocycles. The second-order valence-electron chi connectivity index (χ2n) is 3.39. The summed E-state index contributed by atoms with van der Waals surface area (Å²) in [6.07, 6.45) is 3.16. The maximum atomic E-state index is 11.9. The van der Waals surface area contributed by atoms with E-state index in [1.165, 1.54) is 0 Å². The predicted molar refractivity (Wildman–Crippen MR) is 65.2 cm³/mol. The lowest BCUT2D eigenvalue weighted by Crippen LogP contribution is -2.12. The van der Waals surface area contributed by atoms with Crippen molar-refractivity contribution in [2.45, 2.75) is 0 Å². The molecule has 2 aromatic rings. The van der Waals surface area contributed by atoms with Crippen molar-refractivity contribution >= 4 is 11.6 Å². The first kappa shape index (κ1) is 11.1. The summed E-state index contributed by atoms with van der Waals surface area (Å²) in [7, 11) is 1.57. The number of pyridine rings is 1. The third-order valence-electron chi connectivity index (χ3n) is 2.30. The monoisotopic (exact) mass is 228 g/mol. The van der Waals surface area contributed by atoms with E-state index in [4.69, 9.17) is 4.74 Å². The minimum absolute atomic E-state index is 0.183. The quantitative estimate of drug-likeness (QED) is 0.877. The molecule has 0 saturated heterocycles.